The molecule has 6 heteroatoms. The first-order valence-corrected chi connectivity index (χ1v) is 7.38. The van der Waals surface area contributed by atoms with Crippen LogP contribution in [0.25, 0.3) is 0 Å². The van der Waals surface area contributed by atoms with Gasteiger partial charge in [-0.05, 0) is 41.1 Å². The van der Waals surface area contributed by atoms with Crippen molar-refractivity contribution in [1.82, 2.24) is 10.3 Å². The van der Waals surface area contributed by atoms with Crippen LogP contribution in [-0.4, -0.2) is 17.4 Å². The van der Waals surface area contributed by atoms with Crippen LogP contribution in [0.15, 0.2) is 28.1 Å². The fourth-order valence-electron chi connectivity index (χ4n) is 1.60. The maximum absolute atomic E-state index is 12.9. The number of benzene rings is 1. The number of thiazole rings is 1. The Morgan fingerprint density at radius 1 is 1.53 bits per heavy atom. The summed E-state index contributed by atoms with van der Waals surface area (Å²) < 4.78 is 13.4. The van der Waals surface area contributed by atoms with Gasteiger partial charge in [0, 0.05) is 22.8 Å². The van der Waals surface area contributed by atoms with Crippen molar-refractivity contribution < 1.29 is 9.18 Å². The predicted molar refractivity (Wildman–Crippen MR) is 77.0 cm³/mol. The summed E-state index contributed by atoms with van der Waals surface area (Å²) in [6.07, 6.45) is 0.689. The standard InChI is InChI=1S/C13H12BrFN2OS/c1-8-17-10(7-19-8)4-5-16-13(18)11-3-2-9(15)6-12(11)14/h2-3,6-7H,4-5H2,1H3,(H,16,18). The zero-order valence-corrected chi connectivity index (χ0v) is 12.6. The molecule has 0 aliphatic carbocycles. The molecular formula is C13H12BrFN2OS. The summed E-state index contributed by atoms with van der Waals surface area (Å²) >= 11 is 4.77. The van der Waals surface area contributed by atoms with E-state index in [0.717, 1.165) is 10.7 Å². The first kappa shape index (κ1) is 14.1. The van der Waals surface area contributed by atoms with Gasteiger partial charge in [0.2, 0.25) is 0 Å². The maximum Gasteiger partial charge on any atom is 0.252 e. The molecule has 0 radical (unpaired) electrons. The van der Waals surface area contributed by atoms with Crippen LogP contribution in [0.2, 0.25) is 0 Å². The summed E-state index contributed by atoms with van der Waals surface area (Å²) in [5.74, 6) is -0.597. The fraction of sp³-hybridized carbons (Fsp3) is 0.231. The van der Waals surface area contributed by atoms with Crippen molar-refractivity contribution in [2.75, 3.05) is 6.54 Å². The molecule has 0 unspecified atom stereocenters. The predicted octanol–water partition coefficient (Wildman–Crippen LogP) is 3.33. The Morgan fingerprint density at radius 3 is 2.95 bits per heavy atom. The van der Waals surface area contributed by atoms with Gasteiger partial charge in [-0.2, -0.15) is 0 Å². The number of halogens is 2. The lowest BCUT2D eigenvalue weighted by Gasteiger charge is -2.06. The summed E-state index contributed by atoms with van der Waals surface area (Å²) in [5, 5.41) is 5.79. The Hall–Kier alpha value is -1.27. The van der Waals surface area contributed by atoms with Crippen molar-refractivity contribution in [3.05, 3.63) is 50.1 Å². The number of hydrogen-bond acceptors (Lipinski definition) is 3. The molecule has 1 N–H and O–H groups in total. The number of amides is 1. The van der Waals surface area contributed by atoms with Crippen molar-refractivity contribution in [1.29, 1.82) is 0 Å². The fourth-order valence-corrected chi connectivity index (χ4v) is 2.77. The smallest absolute Gasteiger partial charge is 0.252 e. The van der Waals surface area contributed by atoms with Gasteiger partial charge in [0.15, 0.2) is 0 Å². The van der Waals surface area contributed by atoms with Gasteiger partial charge in [0.25, 0.3) is 5.91 Å². The molecule has 1 aromatic heterocycles. The van der Waals surface area contributed by atoms with Crippen LogP contribution in [0, 0.1) is 12.7 Å². The summed E-state index contributed by atoms with van der Waals surface area (Å²) in [6, 6.07) is 4.00. The molecule has 0 bridgehead atoms. The highest BCUT2D eigenvalue weighted by Gasteiger charge is 2.10. The number of aromatic nitrogens is 1. The molecule has 2 aromatic rings. The van der Waals surface area contributed by atoms with E-state index in [9.17, 15) is 9.18 Å². The lowest BCUT2D eigenvalue weighted by Crippen LogP contribution is -2.26. The van der Waals surface area contributed by atoms with Crippen molar-refractivity contribution in [3.8, 4) is 0 Å². The van der Waals surface area contributed by atoms with E-state index in [4.69, 9.17) is 0 Å². The normalized spacial score (nSPS) is 10.5. The SMILES string of the molecule is Cc1nc(CCNC(=O)c2ccc(F)cc2Br)cs1. The number of aryl methyl sites for hydroxylation is 1. The van der Waals surface area contributed by atoms with E-state index in [1.807, 2.05) is 12.3 Å². The van der Waals surface area contributed by atoms with Crippen LogP contribution in [0.3, 0.4) is 0 Å². The number of rotatable bonds is 4. The third-order valence-electron chi connectivity index (χ3n) is 2.51. The molecule has 3 nitrogen and oxygen atoms in total. The van der Waals surface area contributed by atoms with Gasteiger partial charge in [-0.1, -0.05) is 0 Å². The first-order chi connectivity index (χ1) is 9.06. The zero-order valence-electron chi connectivity index (χ0n) is 10.2. The third-order valence-corrected chi connectivity index (χ3v) is 3.99. The zero-order chi connectivity index (χ0) is 13.8. The van der Waals surface area contributed by atoms with E-state index in [-0.39, 0.29) is 11.7 Å². The highest BCUT2D eigenvalue weighted by Crippen LogP contribution is 2.17. The van der Waals surface area contributed by atoms with Crippen molar-refractivity contribution in [2.24, 2.45) is 0 Å². The number of carbonyl (C=O) groups excluding carboxylic acids is 1. The van der Waals surface area contributed by atoms with E-state index < -0.39 is 0 Å². The molecule has 0 aliphatic rings. The van der Waals surface area contributed by atoms with Crippen LogP contribution in [0.5, 0.6) is 0 Å². The lowest BCUT2D eigenvalue weighted by atomic mass is 10.2. The topological polar surface area (TPSA) is 42.0 Å². The highest BCUT2D eigenvalue weighted by molar-refractivity contribution is 9.10. The maximum atomic E-state index is 12.9. The van der Waals surface area contributed by atoms with Crippen molar-refractivity contribution in [2.45, 2.75) is 13.3 Å². The van der Waals surface area contributed by atoms with Crippen LogP contribution in [0.1, 0.15) is 21.1 Å². The third kappa shape index (κ3) is 3.84. The molecule has 0 aliphatic heterocycles. The van der Waals surface area contributed by atoms with E-state index in [1.54, 1.807) is 11.3 Å². The molecule has 0 fully saturated rings. The van der Waals surface area contributed by atoms with E-state index >= 15 is 0 Å². The molecular weight excluding hydrogens is 331 g/mol. The van der Waals surface area contributed by atoms with E-state index in [1.165, 1.54) is 18.2 Å². The van der Waals surface area contributed by atoms with Crippen LogP contribution >= 0.6 is 27.3 Å². The summed E-state index contributed by atoms with van der Waals surface area (Å²) in [5.41, 5.74) is 1.40. The molecule has 0 spiro atoms. The van der Waals surface area contributed by atoms with E-state index in [2.05, 4.69) is 26.2 Å². The quantitative estimate of drug-likeness (QED) is 0.925. The van der Waals surface area contributed by atoms with Crippen LogP contribution < -0.4 is 5.32 Å². The molecule has 1 aromatic carbocycles. The number of nitrogens with one attached hydrogen (secondary N) is 1. The average Bonchev–Trinajstić information content (AvgIpc) is 2.75. The number of hydrogen-bond donors (Lipinski definition) is 1. The molecule has 19 heavy (non-hydrogen) atoms. The van der Waals surface area contributed by atoms with Gasteiger partial charge in [-0.3, -0.25) is 4.79 Å². The van der Waals surface area contributed by atoms with Gasteiger partial charge in [-0.25, -0.2) is 9.37 Å². The summed E-state index contributed by atoms with van der Waals surface area (Å²) in [6.45, 7) is 2.45. The highest BCUT2D eigenvalue weighted by atomic mass is 79.9. The summed E-state index contributed by atoms with van der Waals surface area (Å²) in [7, 11) is 0. The second-order valence-corrected chi connectivity index (χ2v) is 5.90. The summed E-state index contributed by atoms with van der Waals surface area (Å²) in [4.78, 5) is 16.2. The monoisotopic (exact) mass is 342 g/mol. The molecule has 1 heterocycles. The molecule has 1 amide bonds. The van der Waals surface area contributed by atoms with Crippen LogP contribution in [0.4, 0.5) is 4.39 Å². The van der Waals surface area contributed by atoms with Gasteiger partial charge in [0.1, 0.15) is 5.82 Å². The second kappa shape index (κ2) is 6.25. The van der Waals surface area contributed by atoms with Crippen molar-refractivity contribution in [3.63, 3.8) is 0 Å². The molecule has 0 saturated carbocycles. The Labute approximate surface area is 123 Å². The molecule has 0 saturated heterocycles. The van der Waals surface area contributed by atoms with Gasteiger partial charge in [-0.15, -0.1) is 11.3 Å². The molecule has 100 valence electrons. The second-order valence-electron chi connectivity index (χ2n) is 3.99. The molecule has 2 rings (SSSR count). The van der Waals surface area contributed by atoms with Gasteiger partial charge < -0.3 is 5.32 Å². The van der Waals surface area contributed by atoms with Crippen LogP contribution in [-0.2, 0) is 6.42 Å². The minimum atomic E-state index is -0.374. The minimum absolute atomic E-state index is 0.223. The Balaban J connectivity index is 1.90. The minimum Gasteiger partial charge on any atom is -0.352 e. The number of carbonyl (C=O) groups is 1. The molecule has 0 atom stereocenters. The Morgan fingerprint density at radius 2 is 2.32 bits per heavy atom. The van der Waals surface area contributed by atoms with Crippen molar-refractivity contribution >= 4 is 33.2 Å². The van der Waals surface area contributed by atoms with E-state index in [0.29, 0.717) is 23.0 Å². The van der Waals surface area contributed by atoms with Gasteiger partial charge in [0.05, 0.1) is 16.3 Å². The average molecular weight is 343 g/mol. The lowest BCUT2D eigenvalue weighted by molar-refractivity contribution is 0.0953. The Bertz CT molecular complexity index is 600. The Kier molecular flexibility index (Phi) is 4.66. The number of nitrogens with zero attached hydrogens (tertiary/aromatic N) is 1. The van der Waals surface area contributed by atoms with Gasteiger partial charge >= 0.3 is 0 Å². The first-order valence-electron chi connectivity index (χ1n) is 5.70. The largest absolute Gasteiger partial charge is 0.352 e.